The highest BCUT2D eigenvalue weighted by molar-refractivity contribution is 4.87. The molecule has 0 radical (unpaired) electrons. The SMILES string of the molecule is CC1CC2CCCC(C)C2C1. The zero-order chi connectivity index (χ0) is 7.84. The van der Waals surface area contributed by atoms with Crippen molar-refractivity contribution in [2.45, 2.75) is 46.0 Å². The lowest BCUT2D eigenvalue weighted by atomic mass is 9.75. The summed E-state index contributed by atoms with van der Waals surface area (Å²) in [6, 6.07) is 0. The van der Waals surface area contributed by atoms with Crippen LogP contribution in [0.25, 0.3) is 0 Å². The minimum absolute atomic E-state index is 1.03. The van der Waals surface area contributed by atoms with Gasteiger partial charge in [0.25, 0.3) is 0 Å². The second-order valence-corrected chi connectivity index (χ2v) is 4.91. The monoisotopic (exact) mass is 152 g/mol. The van der Waals surface area contributed by atoms with E-state index in [0.29, 0.717) is 0 Å². The van der Waals surface area contributed by atoms with Crippen LogP contribution < -0.4 is 0 Å². The molecule has 0 aromatic rings. The van der Waals surface area contributed by atoms with Crippen LogP contribution >= 0.6 is 0 Å². The second kappa shape index (κ2) is 2.80. The summed E-state index contributed by atoms with van der Waals surface area (Å²) < 4.78 is 0. The third kappa shape index (κ3) is 1.32. The van der Waals surface area contributed by atoms with E-state index >= 15 is 0 Å². The topological polar surface area (TPSA) is 0 Å². The fourth-order valence-electron chi connectivity index (χ4n) is 3.39. The minimum Gasteiger partial charge on any atom is -0.0625 e. The highest BCUT2D eigenvalue weighted by atomic mass is 14.4. The van der Waals surface area contributed by atoms with Gasteiger partial charge < -0.3 is 0 Å². The number of fused-ring (bicyclic) bond motifs is 1. The molecule has 64 valence electrons. The van der Waals surface area contributed by atoms with Crippen LogP contribution in [0.4, 0.5) is 0 Å². The Morgan fingerprint density at radius 2 is 1.82 bits per heavy atom. The summed E-state index contributed by atoms with van der Waals surface area (Å²) in [6.45, 7) is 4.90. The largest absolute Gasteiger partial charge is 0.0625 e. The molecule has 2 saturated carbocycles. The first-order valence-corrected chi connectivity index (χ1v) is 5.27. The standard InChI is InChI=1S/C11H20/c1-8-6-10-5-3-4-9(2)11(10)7-8/h8-11H,3-7H2,1-2H3. The minimum atomic E-state index is 1.03. The molecule has 11 heavy (non-hydrogen) atoms. The van der Waals surface area contributed by atoms with E-state index in [1.165, 1.54) is 25.7 Å². The van der Waals surface area contributed by atoms with Crippen molar-refractivity contribution in [1.29, 1.82) is 0 Å². The lowest BCUT2D eigenvalue weighted by Crippen LogP contribution is -2.21. The van der Waals surface area contributed by atoms with Crippen molar-refractivity contribution in [1.82, 2.24) is 0 Å². The van der Waals surface area contributed by atoms with Crippen molar-refractivity contribution in [3.8, 4) is 0 Å². The summed E-state index contributed by atoms with van der Waals surface area (Å²) in [5.41, 5.74) is 0. The Hall–Kier alpha value is 0. The molecule has 2 aliphatic carbocycles. The molecule has 0 spiro atoms. The Kier molecular flexibility index (Phi) is 1.95. The van der Waals surface area contributed by atoms with Crippen LogP contribution in [-0.2, 0) is 0 Å². The van der Waals surface area contributed by atoms with Crippen LogP contribution in [0.15, 0.2) is 0 Å². The van der Waals surface area contributed by atoms with Gasteiger partial charge in [-0.05, 0) is 36.5 Å². The van der Waals surface area contributed by atoms with E-state index in [1.54, 1.807) is 6.42 Å². The molecule has 0 heterocycles. The third-order valence-corrected chi connectivity index (χ3v) is 3.95. The van der Waals surface area contributed by atoms with Gasteiger partial charge in [-0.15, -0.1) is 0 Å². The fourth-order valence-corrected chi connectivity index (χ4v) is 3.39. The van der Waals surface area contributed by atoms with Crippen molar-refractivity contribution in [3.05, 3.63) is 0 Å². The maximum atomic E-state index is 2.47. The van der Waals surface area contributed by atoms with Crippen LogP contribution in [0.5, 0.6) is 0 Å². The quantitative estimate of drug-likeness (QED) is 0.498. The van der Waals surface area contributed by atoms with Gasteiger partial charge in [0.2, 0.25) is 0 Å². The zero-order valence-corrected chi connectivity index (χ0v) is 7.84. The first kappa shape index (κ1) is 7.64. The molecule has 2 fully saturated rings. The van der Waals surface area contributed by atoms with Crippen LogP contribution in [0.3, 0.4) is 0 Å². The third-order valence-electron chi connectivity index (χ3n) is 3.95. The molecule has 4 unspecified atom stereocenters. The highest BCUT2D eigenvalue weighted by Gasteiger charge is 2.37. The Morgan fingerprint density at radius 1 is 1.00 bits per heavy atom. The van der Waals surface area contributed by atoms with Crippen molar-refractivity contribution in [3.63, 3.8) is 0 Å². The average Bonchev–Trinajstić information content (AvgIpc) is 2.31. The van der Waals surface area contributed by atoms with Gasteiger partial charge in [0.05, 0.1) is 0 Å². The molecular formula is C11H20. The van der Waals surface area contributed by atoms with Crippen LogP contribution in [0, 0.1) is 23.7 Å². The first-order valence-electron chi connectivity index (χ1n) is 5.27. The van der Waals surface area contributed by atoms with Gasteiger partial charge in [-0.3, -0.25) is 0 Å². The maximum Gasteiger partial charge on any atom is -0.0357 e. The lowest BCUT2D eigenvalue weighted by molar-refractivity contribution is 0.197. The van der Waals surface area contributed by atoms with Gasteiger partial charge in [-0.25, -0.2) is 0 Å². The normalized spacial score (nSPS) is 50.7. The predicted molar refractivity (Wildman–Crippen MR) is 48.4 cm³/mol. The summed E-state index contributed by atoms with van der Waals surface area (Å²) in [6.07, 6.45) is 7.63. The maximum absolute atomic E-state index is 2.47. The van der Waals surface area contributed by atoms with E-state index in [2.05, 4.69) is 13.8 Å². The van der Waals surface area contributed by atoms with Gasteiger partial charge in [0, 0.05) is 0 Å². The predicted octanol–water partition coefficient (Wildman–Crippen LogP) is 3.47. The van der Waals surface area contributed by atoms with Crippen molar-refractivity contribution < 1.29 is 0 Å². The Morgan fingerprint density at radius 3 is 2.55 bits per heavy atom. The Labute approximate surface area is 70.4 Å². The first-order chi connectivity index (χ1) is 5.27. The average molecular weight is 152 g/mol. The fraction of sp³-hybridized carbons (Fsp3) is 1.00. The Balaban J connectivity index is 2.03. The molecule has 0 aliphatic heterocycles. The lowest BCUT2D eigenvalue weighted by Gasteiger charge is -2.31. The summed E-state index contributed by atoms with van der Waals surface area (Å²) in [5, 5.41) is 0. The molecule has 0 amide bonds. The number of hydrogen-bond acceptors (Lipinski definition) is 0. The molecule has 0 saturated heterocycles. The van der Waals surface area contributed by atoms with Gasteiger partial charge >= 0.3 is 0 Å². The second-order valence-electron chi connectivity index (χ2n) is 4.91. The van der Waals surface area contributed by atoms with E-state index in [-0.39, 0.29) is 0 Å². The molecule has 0 N–H and O–H groups in total. The Bertz CT molecular complexity index is 139. The summed E-state index contributed by atoms with van der Waals surface area (Å²) in [4.78, 5) is 0. The smallest absolute Gasteiger partial charge is 0.0357 e. The highest BCUT2D eigenvalue weighted by Crippen LogP contribution is 2.47. The molecule has 0 heteroatoms. The van der Waals surface area contributed by atoms with Crippen LogP contribution in [0.1, 0.15) is 46.0 Å². The number of rotatable bonds is 0. The summed E-state index contributed by atoms with van der Waals surface area (Å²) in [5.74, 6) is 4.30. The van der Waals surface area contributed by atoms with Gasteiger partial charge in [-0.2, -0.15) is 0 Å². The van der Waals surface area contributed by atoms with Gasteiger partial charge in [-0.1, -0.05) is 33.1 Å². The van der Waals surface area contributed by atoms with Crippen molar-refractivity contribution in [2.24, 2.45) is 23.7 Å². The van der Waals surface area contributed by atoms with E-state index in [1.807, 2.05) is 0 Å². The number of hydrogen-bond donors (Lipinski definition) is 0. The van der Waals surface area contributed by atoms with E-state index in [0.717, 1.165) is 23.7 Å². The van der Waals surface area contributed by atoms with Crippen molar-refractivity contribution >= 4 is 0 Å². The molecule has 4 atom stereocenters. The molecule has 0 aromatic heterocycles. The van der Waals surface area contributed by atoms with Crippen LogP contribution in [-0.4, -0.2) is 0 Å². The molecular weight excluding hydrogens is 132 g/mol. The van der Waals surface area contributed by atoms with Crippen LogP contribution in [0.2, 0.25) is 0 Å². The van der Waals surface area contributed by atoms with E-state index in [4.69, 9.17) is 0 Å². The van der Waals surface area contributed by atoms with E-state index < -0.39 is 0 Å². The summed E-state index contributed by atoms with van der Waals surface area (Å²) in [7, 11) is 0. The van der Waals surface area contributed by atoms with Gasteiger partial charge in [0.15, 0.2) is 0 Å². The molecule has 0 bridgehead atoms. The molecule has 2 aliphatic rings. The molecule has 2 rings (SSSR count). The van der Waals surface area contributed by atoms with Crippen molar-refractivity contribution in [2.75, 3.05) is 0 Å². The molecule has 0 aromatic carbocycles. The molecule has 0 nitrogen and oxygen atoms in total. The van der Waals surface area contributed by atoms with Gasteiger partial charge in [0.1, 0.15) is 0 Å². The van der Waals surface area contributed by atoms with E-state index in [9.17, 15) is 0 Å². The summed E-state index contributed by atoms with van der Waals surface area (Å²) >= 11 is 0. The zero-order valence-electron chi connectivity index (χ0n) is 7.84.